The zero-order chi connectivity index (χ0) is 27.2. The SMILES string of the molecule is Cc1ccc(S(=O)(=O)c2n[nH]n3c2nc(=O)c2ccc(N4CCN(CC(=O)NC(C)C)CC4)cc23)c(C)c1. The fourth-order valence-electron chi connectivity index (χ4n) is 4.91. The largest absolute Gasteiger partial charge is 0.369 e. The van der Waals surface area contributed by atoms with Gasteiger partial charge < -0.3 is 10.2 Å². The van der Waals surface area contributed by atoms with Crippen molar-refractivity contribution in [3.8, 4) is 0 Å². The fourth-order valence-corrected chi connectivity index (χ4v) is 6.39. The van der Waals surface area contributed by atoms with Crippen LogP contribution in [0.1, 0.15) is 25.0 Å². The predicted octanol–water partition coefficient (Wildman–Crippen LogP) is 1.67. The van der Waals surface area contributed by atoms with Gasteiger partial charge in [-0.25, -0.2) is 18.1 Å². The van der Waals surface area contributed by atoms with Crippen molar-refractivity contribution in [2.45, 2.75) is 43.7 Å². The van der Waals surface area contributed by atoms with E-state index >= 15 is 0 Å². The maximum atomic E-state index is 13.5. The maximum absolute atomic E-state index is 13.5. The molecule has 0 saturated carbocycles. The van der Waals surface area contributed by atoms with Gasteiger partial charge in [0.05, 0.1) is 22.3 Å². The summed E-state index contributed by atoms with van der Waals surface area (Å²) in [4.78, 5) is 33.5. The number of fused-ring (bicyclic) bond motifs is 3. The number of nitrogens with zero attached hydrogens (tertiary/aromatic N) is 5. The molecule has 38 heavy (non-hydrogen) atoms. The van der Waals surface area contributed by atoms with E-state index in [0.717, 1.165) is 24.3 Å². The third-order valence-electron chi connectivity index (χ3n) is 6.74. The van der Waals surface area contributed by atoms with Gasteiger partial charge in [-0.3, -0.25) is 14.5 Å². The quantitative estimate of drug-likeness (QED) is 0.380. The van der Waals surface area contributed by atoms with E-state index in [1.165, 1.54) is 4.52 Å². The van der Waals surface area contributed by atoms with Crippen molar-refractivity contribution in [2.75, 3.05) is 37.6 Å². The minimum absolute atomic E-state index is 0.0132. The van der Waals surface area contributed by atoms with Crippen LogP contribution in [0, 0.1) is 13.8 Å². The van der Waals surface area contributed by atoms with Crippen LogP contribution in [0.3, 0.4) is 0 Å². The van der Waals surface area contributed by atoms with Crippen LogP contribution in [0.15, 0.2) is 51.1 Å². The van der Waals surface area contributed by atoms with Crippen LogP contribution in [0.25, 0.3) is 16.6 Å². The number of nitrogens with one attached hydrogen (secondary N) is 2. The Balaban J connectivity index is 1.47. The second-order valence-electron chi connectivity index (χ2n) is 10.1. The van der Waals surface area contributed by atoms with Crippen molar-refractivity contribution < 1.29 is 13.2 Å². The third-order valence-corrected chi connectivity index (χ3v) is 8.56. The molecule has 0 bridgehead atoms. The molecule has 12 heteroatoms. The summed E-state index contributed by atoms with van der Waals surface area (Å²) in [6.45, 7) is 10.7. The van der Waals surface area contributed by atoms with Gasteiger partial charge >= 0.3 is 0 Å². The summed E-state index contributed by atoms with van der Waals surface area (Å²) >= 11 is 0. The van der Waals surface area contributed by atoms with Crippen LogP contribution < -0.4 is 15.8 Å². The standard InChI is InChI=1S/C26H31N7O4S/c1-16(2)27-23(34)15-31-9-11-32(12-10-31)19-6-7-20-21(14-19)33-24(28-25(20)35)26(29-30-33)38(36,37)22-8-5-17(3)13-18(22)4/h5-8,13-14,16,30H,9-12,15H2,1-4H3,(H,27,34). The van der Waals surface area contributed by atoms with Gasteiger partial charge in [-0.15, -0.1) is 5.10 Å². The number of hydrogen-bond donors (Lipinski definition) is 2. The van der Waals surface area contributed by atoms with E-state index in [9.17, 15) is 18.0 Å². The number of rotatable bonds is 6. The van der Waals surface area contributed by atoms with Gasteiger partial charge in [0.1, 0.15) is 0 Å². The summed E-state index contributed by atoms with van der Waals surface area (Å²) in [6.07, 6.45) is 0. The van der Waals surface area contributed by atoms with E-state index in [-0.39, 0.29) is 27.5 Å². The second kappa shape index (κ2) is 9.84. The van der Waals surface area contributed by atoms with Crippen molar-refractivity contribution in [1.29, 1.82) is 0 Å². The van der Waals surface area contributed by atoms with Crippen molar-refractivity contribution in [3.63, 3.8) is 0 Å². The fraction of sp³-hybridized carbons (Fsp3) is 0.385. The molecule has 0 atom stereocenters. The molecule has 3 heterocycles. The first kappa shape index (κ1) is 25.9. The Labute approximate surface area is 220 Å². The van der Waals surface area contributed by atoms with E-state index < -0.39 is 15.4 Å². The minimum Gasteiger partial charge on any atom is -0.369 e. The molecule has 0 spiro atoms. The molecule has 0 aliphatic carbocycles. The lowest BCUT2D eigenvalue weighted by atomic mass is 10.2. The number of amides is 1. The minimum atomic E-state index is -4.02. The number of sulfone groups is 1. The number of aromatic nitrogens is 4. The summed E-state index contributed by atoms with van der Waals surface area (Å²) in [6, 6.07) is 10.6. The highest BCUT2D eigenvalue weighted by atomic mass is 32.2. The number of anilines is 1. The molecule has 1 aliphatic heterocycles. The van der Waals surface area contributed by atoms with Gasteiger partial charge in [-0.05, 0) is 57.5 Å². The van der Waals surface area contributed by atoms with E-state index in [1.807, 2.05) is 32.9 Å². The van der Waals surface area contributed by atoms with Crippen LogP contribution >= 0.6 is 0 Å². The zero-order valence-corrected chi connectivity index (χ0v) is 22.7. The molecule has 1 amide bonds. The molecule has 4 aromatic rings. The number of H-pyrrole nitrogens is 1. The van der Waals surface area contributed by atoms with Gasteiger partial charge in [-0.1, -0.05) is 17.7 Å². The van der Waals surface area contributed by atoms with E-state index in [2.05, 4.69) is 30.4 Å². The van der Waals surface area contributed by atoms with Gasteiger partial charge in [0.2, 0.25) is 20.8 Å². The average Bonchev–Trinajstić information content (AvgIpc) is 3.28. The smallest absolute Gasteiger partial charge is 0.281 e. The van der Waals surface area contributed by atoms with Gasteiger partial charge in [0, 0.05) is 37.9 Å². The highest BCUT2D eigenvalue weighted by Crippen LogP contribution is 2.27. The molecule has 2 N–H and O–H groups in total. The molecule has 200 valence electrons. The lowest BCUT2D eigenvalue weighted by Crippen LogP contribution is -2.50. The van der Waals surface area contributed by atoms with Crippen molar-refractivity contribution >= 4 is 38.0 Å². The third kappa shape index (κ3) is 4.76. The number of carbonyl (C=O) groups is 1. The molecule has 1 fully saturated rings. The molecular weight excluding hydrogens is 506 g/mol. The van der Waals surface area contributed by atoms with Gasteiger partial charge in [0.15, 0.2) is 5.65 Å². The topological polar surface area (TPSA) is 133 Å². The first-order valence-electron chi connectivity index (χ1n) is 12.5. The van der Waals surface area contributed by atoms with E-state index in [0.29, 0.717) is 36.1 Å². The van der Waals surface area contributed by atoms with E-state index in [4.69, 9.17) is 0 Å². The first-order valence-corrected chi connectivity index (χ1v) is 14.0. The van der Waals surface area contributed by atoms with Crippen LogP contribution in [0.5, 0.6) is 0 Å². The van der Waals surface area contributed by atoms with Crippen molar-refractivity contribution in [1.82, 2.24) is 30.0 Å². The Morgan fingerprint density at radius 3 is 2.50 bits per heavy atom. The van der Waals surface area contributed by atoms with Gasteiger partial charge in [-0.2, -0.15) is 4.98 Å². The van der Waals surface area contributed by atoms with Crippen molar-refractivity contribution in [2.24, 2.45) is 0 Å². The Hall–Kier alpha value is -3.77. The number of benzene rings is 2. The molecule has 1 saturated heterocycles. The number of piperazine rings is 1. The number of aryl methyl sites for hydroxylation is 2. The summed E-state index contributed by atoms with van der Waals surface area (Å²) in [5.41, 5.74) is 2.35. The highest BCUT2D eigenvalue weighted by molar-refractivity contribution is 7.91. The van der Waals surface area contributed by atoms with Crippen LogP contribution in [0.2, 0.25) is 0 Å². The summed E-state index contributed by atoms with van der Waals surface area (Å²) < 4.78 is 28.4. The molecule has 5 rings (SSSR count). The van der Waals surface area contributed by atoms with Gasteiger partial charge in [0.25, 0.3) is 5.56 Å². The molecule has 11 nitrogen and oxygen atoms in total. The average molecular weight is 538 g/mol. The number of hydrogen-bond acceptors (Lipinski definition) is 8. The second-order valence-corrected chi connectivity index (χ2v) is 11.9. The van der Waals surface area contributed by atoms with Crippen LogP contribution in [-0.2, 0) is 14.6 Å². The van der Waals surface area contributed by atoms with Crippen molar-refractivity contribution in [3.05, 3.63) is 57.9 Å². The number of carbonyl (C=O) groups excluding carboxylic acids is 1. The normalized spacial score (nSPS) is 15.0. The Bertz CT molecular complexity index is 1700. The summed E-state index contributed by atoms with van der Waals surface area (Å²) in [7, 11) is -4.02. The molecule has 2 aromatic carbocycles. The lowest BCUT2D eigenvalue weighted by Gasteiger charge is -2.35. The monoisotopic (exact) mass is 537 g/mol. The maximum Gasteiger partial charge on any atom is 0.281 e. The molecule has 0 unspecified atom stereocenters. The van der Waals surface area contributed by atoms with E-state index in [1.54, 1.807) is 31.2 Å². The molecule has 2 aromatic heterocycles. The lowest BCUT2D eigenvalue weighted by molar-refractivity contribution is -0.122. The molecular formula is C26H31N7O4S. The summed E-state index contributed by atoms with van der Waals surface area (Å²) in [5, 5.41) is 9.83. The predicted molar refractivity (Wildman–Crippen MR) is 144 cm³/mol. The van der Waals surface area contributed by atoms with Crippen LogP contribution in [0.4, 0.5) is 5.69 Å². The van der Waals surface area contributed by atoms with Crippen LogP contribution in [-0.4, -0.2) is 77.8 Å². The molecule has 0 radical (unpaired) electrons. The highest BCUT2D eigenvalue weighted by Gasteiger charge is 2.28. The Kier molecular flexibility index (Phi) is 6.70. The number of aromatic amines is 1. The molecule has 1 aliphatic rings. The summed E-state index contributed by atoms with van der Waals surface area (Å²) in [5.74, 6) is 0.0132. The zero-order valence-electron chi connectivity index (χ0n) is 21.9. The Morgan fingerprint density at radius 1 is 1.08 bits per heavy atom. The Morgan fingerprint density at radius 2 is 1.82 bits per heavy atom. The first-order chi connectivity index (χ1) is 18.0.